The minimum absolute atomic E-state index is 0.0330. The van der Waals surface area contributed by atoms with Gasteiger partial charge in [0.25, 0.3) is 5.91 Å². The maximum atomic E-state index is 12.5. The van der Waals surface area contributed by atoms with Crippen molar-refractivity contribution in [3.05, 3.63) is 34.9 Å². The maximum Gasteiger partial charge on any atom is 0.253 e. The molecule has 1 saturated heterocycles. The van der Waals surface area contributed by atoms with E-state index in [4.69, 9.17) is 11.6 Å². The number of carbonyl (C=O) groups excluding carboxylic acids is 3. The molecule has 0 saturated carbocycles. The summed E-state index contributed by atoms with van der Waals surface area (Å²) in [5.74, 6) is -0.0965. The van der Waals surface area contributed by atoms with Crippen LogP contribution in [0.1, 0.15) is 37.0 Å². The van der Waals surface area contributed by atoms with Gasteiger partial charge in [0.2, 0.25) is 11.8 Å². The molecule has 1 aromatic carbocycles. The van der Waals surface area contributed by atoms with Gasteiger partial charge in [0, 0.05) is 26.6 Å². The van der Waals surface area contributed by atoms with Gasteiger partial charge in [-0.3, -0.25) is 14.4 Å². The Bertz CT molecular complexity index is 642. The van der Waals surface area contributed by atoms with Crippen LogP contribution in [-0.4, -0.2) is 48.3 Å². The molecule has 1 unspecified atom stereocenters. The van der Waals surface area contributed by atoms with Gasteiger partial charge in [0.15, 0.2) is 0 Å². The molecule has 0 radical (unpaired) electrons. The number of likely N-dealkylation sites (tertiary alicyclic amines) is 1. The van der Waals surface area contributed by atoms with Crippen molar-refractivity contribution in [2.24, 2.45) is 5.92 Å². The predicted molar refractivity (Wildman–Crippen MR) is 96.4 cm³/mol. The summed E-state index contributed by atoms with van der Waals surface area (Å²) in [4.78, 5) is 37.5. The van der Waals surface area contributed by atoms with Crippen LogP contribution in [0.25, 0.3) is 0 Å². The molecule has 0 aromatic heterocycles. The molecule has 7 heteroatoms. The number of halogens is 1. The Morgan fingerprint density at radius 3 is 2.48 bits per heavy atom. The van der Waals surface area contributed by atoms with E-state index < -0.39 is 6.04 Å². The summed E-state index contributed by atoms with van der Waals surface area (Å²) in [6.45, 7) is 5.10. The van der Waals surface area contributed by atoms with Gasteiger partial charge < -0.3 is 15.5 Å². The largest absolute Gasteiger partial charge is 0.356 e. The molecule has 1 aliphatic rings. The summed E-state index contributed by atoms with van der Waals surface area (Å²) in [7, 11) is 0. The number of piperidine rings is 1. The Hall–Kier alpha value is -2.08. The predicted octanol–water partition coefficient (Wildman–Crippen LogP) is 1.83. The molecule has 0 aliphatic carbocycles. The van der Waals surface area contributed by atoms with Gasteiger partial charge in [-0.25, -0.2) is 0 Å². The first-order valence-corrected chi connectivity index (χ1v) is 8.85. The highest BCUT2D eigenvalue weighted by Crippen LogP contribution is 2.18. The summed E-state index contributed by atoms with van der Waals surface area (Å²) in [6.07, 6.45) is 1.69. The molecule has 2 N–H and O–H groups in total. The van der Waals surface area contributed by atoms with Gasteiger partial charge in [-0.15, -0.1) is 0 Å². The topological polar surface area (TPSA) is 78.5 Å². The molecule has 6 nitrogen and oxygen atoms in total. The third kappa shape index (κ3) is 5.46. The minimum Gasteiger partial charge on any atom is -0.356 e. The highest BCUT2D eigenvalue weighted by Gasteiger charge is 2.27. The van der Waals surface area contributed by atoms with Crippen molar-refractivity contribution in [3.63, 3.8) is 0 Å². The van der Waals surface area contributed by atoms with Crippen LogP contribution in [-0.2, 0) is 9.59 Å². The lowest BCUT2D eigenvalue weighted by Gasteiger charge is -2.33. The Morgan fingerprint density at radius 1 is 1.24 bits per heavy atom. The molecule has 1 heterocycles. The monoisotopic (exact) mass is 365 g/mol. The number of amides is 3. The fourth-order valence-corrected chi connectivity index (χ4v) is 3.12. The summed E-state index contributed by atoms with van der Waals surface area (Å²) in [6, 6.07) is 6.13. The Balaban J connectivity index is 1.83. The third-order valence-electron chi connectivity index (χ3n) is 4.40. The van der Waals surface area contributed by atoms with E-state index in [2.05, 4.69) is 10.6 Å². The summed E-state index contributed by atoms with van der Waals surface area (Å²) in [5.41, 5.74) is 0.359. The second-order valence-electron chi connectivity index (χ2n) is 6.38. The van der Waals surface area contributed by atoms with Crippen molar-refractivity contribution in [1.82, 2.24) is 15.5 Å². The van der Waals surface area contributed by atoms with Gasteiger partial charge >= 0.3 is 0 Å². The number of hydrogen-bond acceptors (Lipinski definition) is 3. The van der Waals surface area contributed by atoms with Crippen LogP contribution < -0.4 is 10.6 Å². The molecule has 1 atom stereocenters. The highest BCUT2D eigenvalue weighted by atomic mass is 35.5. The molecule has 25 heavy (non-hydrogen) atoms. The maximum absolute atomic E-state index is 12.5. The van der Waals surface area contributed by atoms with Crippen molar-refractivity contribution in [2.45, 2.75) is 32.7 Å². The molecule has 1 aromatic rings. The number of hydrogen-bond donors (Lipinski definition) is 2. The molecule has 136 valence electrons. The van der Waals surface area contributed by atoms with Crippen LogP contribution in [0, 0.1) is 5.92 Å². The van der Waals surface area contributed by atoms with Gasteiger partial charge in [0.1, 0.15) is 6.04 Å². The molecule has 1 fully saturated rings. The van der Waals surface area contributed by atoms with Crippen molar-refractivity contribution in [1.29, 1.82) is 0 Å². The molecule has 0 bridgehead atoms. The minimum atomic E-state index is -0.615. The standard InChI is InChI=1S/C18H24ClN3O3/c1-12(21-17(24)15-5-3-4-6-16(15)19)18(25)22-9-7-14(8-10-22)11-20-13(2)23/h3-6,12,14H,7-11H2,1-2H3,(H,20,23)(H,21,24). The lowest BCUT2D eigenvalue weighted by molar-refractivity contribution is -0.134. The smallest absolute Gasteiger partial charge is 0.253 e. The zero-order valence-corrected chi connectivity index (χ0v) is 15.3. The van der Waals surface area contributed by atoms with Crippen LogP contribution in [0.15, 0.2) is 24.3 Å². The Kier molecular flexibility index (Phi) is 6.82. The number of nitrogens with one attached hydrogen (secondary N) is 2. The van der Waals surface area contributed by atoms with Gasteiger partial charge in [0.05, 0.1) is 10.6 Å². The van der Waals surface area contributed by atoms with E-state index in [1.165, 1.54) is 6.92 Å². The number of carbonyl (C=O) groups is 3. The number of rotatable bonds is 5. The first-order valence-electron chi connectivity index (χ1n) is 8.47. The first kappa shape index (κ1) is 19.2. The Labute approximate surface area is 152 Å². The van der Waals surface area contributed by atoms with E-state index in [9.17, 15) is 14.4 Å². The lowest BCUT2D eigenvalue weighted by Crippen LogP contribution is -2.50. The molecule has 3 amide bonds. The Morgan fingerprint density at radius 2 is 1.88 bits per heavy atom. The summed E-state index contributed by atoms with van der Waals surface area (Å²) >= 11 is 6.01. The zero-order chi connectivity index (χ0) is 18.4. The fraction of sp³-hybridized carbons (Fsp3) is 0.500. The van der Waals surface area contributed by atoms with E-state index >= 15 is 0 Å². The average Bonchev–Trinajstić information content (AvgIpc) is 2.60. The van der Waals surface area contributed by atoms with Crippen LogP contribution in [0.3, 0.4) is 0 Å². The quantitative estimate of drug-likeness (QED) is 0.835. The first-order chi connectivity index (χ1) is 11.9. The lowest BCUT2D eigenvalue weighted by atomic mass is 9.96. The van der Waals surface area contributed by atoms with Crippen LogP contribution in [0.5, 0.6) is 0 Å². The molecule has 2 rings (SSSR count). The number of nitrogens with zero attached hydrogens (tertiary/aromatic N) is 1. The van der Waals surface area contributed by atoms with Gasteiger partial charge in [-0.2, -0.15) is 0 Å². The van der Waals surface area contributed by atoms with Crippen LogP contribution in [0.4, 0.5) is 0 Å². The highest BCUT2D eigenvalue weighted by molar-refractivity contribution is 6.33. The molecular weight excluding hydrogens is 342 g/mol. The van der Waals surface area contributed by atoms with Crippen molar-refractivity contribution in [2.75, 3.05) is 19.6 Å². The summed E-state index contributed by atoms with van der Waals surface area (Å²) in [5, 5.41) is 5.89. The van der Waals surface area contributed by atoms with Crippen LogP contribution >= 0.6 is 11.6 Å². The zero-order valence-electron chi connectivity index (χ0n) is 14.5. The average molecular weight is 366 g/mol. The van der Waals surface area contributed by atoms with E-state index in [1.807, 2.05) is 0 Å². The van der Waals surface area contributed by atoms with Gasteiger partial charge in [-0.1, -0.05) is 23.7 Å². The second kappa shape index (κ2) is 8.85. The molecule has 0 spiro atoms. The van der Waals surface area contributed by atoms with Crippen LogP contribution in [0.2, 0.25) is 5.02 Å². The third-order valence-corrected chi connectivity index (χ3v) is 4.73. The van der Waals surface area contributed by atoms with Crippen molar-refractivity contribution < 1.29 is 14.4 Å². The van der Waals surface area contributed by atoms with E-state index in [1.54, 1.807) is 36.1 Å². The van der Waals surface area contributed by atoms with Crippen molar-refractivity contribution >= 4 is 29.3 Å². The van der Waals surface area contributed by atoms with Crippen molar-refractivity contribution in [3.8, 4) is 0 Å². The fourth-order valence-electron chi connectivity index (χ4n) is 2.90. The SMILES string of the molecule is CC(=O)NCC1CCN(C(=O)C(C)NC(=O)c2ccccc2Cl)CC1. The second-order valence-corrected chi connectivity index (χ2v) is 6.79. The van der Waals surface area contributed by atoms with E-state index in [-0.39, 0.29) is 17.7 Å². The van der Waals surface area contributed by atoms with E-state index in [0.29, 0.717) is 36.1 Å². The molecule has 1 aliphatic heterocycles. The number of benzene rings is 1. The van der Waals surface area contributed by atoms with E-state index in [0.717, 1.165) is 12.8 Å². The summed E-state index contributed by atoms with van der Waals surface area (Å²) < 4.78 is 0. The van der Waals surface area contributed by atoms with Gasteiger partial charge in [-0.05, 0) is 37.8 Å². The molecular formula is C18H24ClN3O3. The normalized spacial score (nSPS) is 16.2.